The van der Waals surface area contributed by atoms with Crippen LogP contribution in [0.4, 0.5) is 16.2 Å². The van der Waals surface area contributed by atoms with E-state index in [4.69, 9.17) is 21.1 Å². The Labute approximate surface area is 145 Å². The second-order valence-electron chi connectivity index (χ2n) is 6.70. The molecule has 0 spiro atoms. The zero-order chi connectivity index (χ0) is 18.2. The summed E-state index contributed by atoms with van der Waals surface area (Å²) in [5.74, 6) is -0.872. The molecule has 1 atom stereocenters. The molecule has 1 amide bonds. The van der Waals surface area contributed by atoms with Crippen LogP contribution in [0.25, 0.3) is 0 Å². The lowest BCUT2D eigenvalue weighted by Crippen LogP contribution is -2.48. The maximum absolute atomic E-state index is 12.5. The molecule has 132 valence electrons. The van der Waals surface area contributed by atoms with Crippen LogP contribution in [-0.4, -0.2) is 49.5 Å². The second-order valence-corrected chi connectivity index (χ2v) is 7.14. The van der Waals surface area contributed by atoms with Gasteiger partial charge in [0.1, 0.15) is 5.60 Å². The number of hydrogen-bond donors (Lipinski definition) is 1. The van der Waals surface area contributed by atoms with Crippen LogP contribution in [0.5, 0.6) is 5.75 Å². The summed E-state index contributed by atoms with van der Waals surface area (Å²) in [5, 5.41) is 9.74. The van der Waals surface area contributed by atoms with Crippen molar-refractivity contribution in [3.05, 3.63) is 17.2 Å². The van der Waals surface area contributed by atoms with Gasteiger partial charge in [-0.15, -0.1) is 0 Å². The minimum atomic E-state index is -1.19. The first-order chi connectivity index (χ1) is 11.0. The molecular weight excluding hydrogens is 336 g/mol. The highest BCUT2D eigenvalue weighted by Crippen LogP contribution is 2.44. The van der Waals surface area contributed by atoms with Gasteiger partial charge in [-0.25, -0.2) is 9.59 Å². The highest BCUT2D eigenvalue weighted by molar-refractivity contribution is 6.31. The van der Waals surface area contributed by atoms with Crippen LogP contribution in [0.1, 0.15) is 20.8 Å². The molecule has 1 heterocycles. The van der Waals surface area contributed by atoms with E-state index in [0.717, 1.165) is 0 Å². The molecule has 1 aliphatic rings. The standard InChI is InChI=1S/C16H21ClN2O5/c1-16(2,3)24-15(22)19-8-12(14(20)21)23-13-10(18(4)5)6-9(17)7-11(13)19/h6-7,12H,8H2,1-5H3,(H,20,21). The Bertz CT molecular complexity index is 669. The normalized spacial score (nSPS) is 16.9. The Hall–Kier alpha value is -2.15. The van der Waals surface area contributed by atoms with Crippen molar-refractivity contribution < 1.29 is 24.2 Å². The average molecular weight is 357 g/mol. The second kappa shape index (κ2) is 6.39. The molecule has 1 unspecified atom stereocenters. The van der Waals surface area contributed by atoms with Gasteiger partial charge in [-0.05, 0) is 32.9 Å². The molecule has 1 aromatic rings. The van der Waals surface area contributed by atoms with Crippen molar-refractivity contribution >= 4 is 35.0 Å². The molecule has 0 saturated carbocycles. The highest BCUT2D eigenvalue weighted by atomic mass is 35.5. The number of halogens is 1. The summed E-state index contributed by atoms with van der Waals surface area (Å²) in [7, 11) is 3.55. The minimum absolute atomic E-state index is 0.162. The minimum Gasteiger partial charge on any atom is -0.478 e. The van der Waals surface area contributed by atoms with Crippen LogP contribution in [0.2, 0.25) is 5.02 Å². The Morgan fingerprint density at radius 2 is 2.00 bits per heavy atom. The van der Waals surface area contributed by atoms with Gasteiger partial charge in [0.05, 0.1) is 17.9 Å². The number of anilines is 2. The van der Waals surface area contributed by atoms with Crippen LogP contribution in [0.15, 0.2) is 12.1 Å². The van der Waals surface area contributed by atoms with Crippen LogP contribution in [-0.2, 0) is 9.53 Å². The van der Waals surface area contributed by atoms with Gasteiger partial charge in [0, 0.05) is 19.1 Å². The summed E-state index contributed by atoms with van der Waals surface area (Å²) in [6.45, 7) is 5.06. The van der Waals surface area contributed by atoms with Crippen molar-refractivity contribution in [3.8, 4) is 5.75 Å². The zero-order valence-corrected chi connectivity index (χ0v) is 15.0. The van der Waals surface area contributed by atoms with Gasteiger partial charge in [0.25, 0.3) is 0 Å². The van der Waals surface area contributed by atoms with Gasteiger partial charge in [-0.1, -0.05) is 11.6 Å². The molecule has 0 aromatic heterocycles. The predicted octanol–water partition coefficient (Wildman–Crippen LogP) is 2.99. The number of fused-ring (bicyclic) bond motifs is 1. The van der Waals surface area contributed by atoms with Crippen molar-refractivity contribution in [2.24, 2.45) is 0 Å². The van der Waals surface area contributed by atoms with E-state index in [-0.39, 0.29) is 12.3 Å². The molecule has 0 bridgehead atoms. The van der Waals surface area contributed by atoms with E-state index in [1.54, 1.807) is 51.9 Å². The van der Waals surface area contributed by atoms with Gasteiger partial charge in [-0.3, -0.25) is 4.90 Å². The maximum Gasteiger partial charge on any atom is 0.415 e. The largest absolute Gasteiger partial charge is 0.478 e. The summed E-state index contributed by atoms with van der Waals surface area (Å²) >= 11 is 6.15. The van der Waals surface area contributed by atoms with E-state index in [1.165, 1.54) is 4.90 Å². The molecule has 2 rings (SSSR count). The molecule has 24 heavy (non-hydrogen) atoms. The fourth-order valence-corrected chi connectivity index (χ4v) is 2.49. The topological polar surface area (TPSA) is 79.3 Å². The van der Waals surface area contributed by atoms with Crippen LogP contribution in [0, 0.1) is 0 Å². The molecule has 1 aliphatic heterocycles. The highest BCUT2D eigenvalue weighted by Gasteiger charge is 2.37. The van der Waals surface area contributed by atoms with Crippen molar-refractivity contribution in [3.63, 3.8) is 0 Å². The number of carbonyl (C=O) groups excluding carboxylic acids is 1. The number of rotatable bonds is 2. The SMILES string of the molecule is CN(C)c1cc(Cl)cc2c1OC(C(=O)O)CN2C(=O)OC(C)(C)C. The number of carboxylic acid groups (broad SMARTS) is 1. The predicted molar refractivity (Wildman–Crippen MR) is 91.4 cm³/mol. The number of aliphatic carboxylic acids is 1. The average Bonchev–Trinajstić information content (AvgIpc) is 2.43. The Morgan fingerprint density at radius 3 is 2.50 bits per heavy atom. The van der Waals surface area contributed by atoms with Gasteiger partial charge >= 0.3 is 12.1 Å². The molecule has 0 aliphatic carbocycles. The van der Waals surface area contributed by atoms with Crippen LogP contribution < -0.4 is 14.5 Å². The quantitative estimate of drug-likeness (QED) is 0.877. The number of amides is 1. The first-order valence-corrected chi connectivity index (χ1v) is 7.78. The van der Waals surface area contributed by atoms with Gasteiger partial charge < -0.3 is 19.5 Å². The van der Waals surface area contributed by atoms with E-state index < -0.39 is 23.8 Å². The molecule has 1 aromatic carbocycles. The Kier molecular flexibility index (Phi) is 4.85. The lowest BCUT2D eigenvalue weighted by Gasteiger charge is -2.36. The lowest BCUT2D eigenvalue weighted by molar-refractivity contribution is -0.144. The third kappa shape index (κ3) is 3.84. The molecule has 0 saturated heterocycles. The number of carbonyl (C=O) groups is 2. The number of nitrogens with zero attached hydrogens (tertiary/aromatic N) is 2. The molecule has 0 radical (unpaired) electrons. The first-order valence-electron chi connectivity index (χ1n) is 7.40. The summed E-state index contributed by atoms with van der Waals surface area (Å²) in [4.78, 5) is 26.9. The first kappa shape index (κ1) is 18.2. The van der Waals surface area contributed by atoms with E-state index in [9.17, 15) is 14.7 Å². The van der Waals surface area contributed by atoms with Crippen LogP contribution in [0.3, 0.4) is 0 Å². The zero-order valence-electron chi connectivity index (χ0n) is 14.3. The van der Waals surface area contributed by atoms with E-state index in [2.05, 4.69) is 0 Å². The molecule has 7 nitrogen and oxygen atoms in total. The number of ether oxygens (including phenoxy) is 2. The van der Waals surface area contributed by atoms with E-state index in [1.807, 2.05) is 0 Å². The third-order valence-corrected chi connectivity index (χ3v) is 3.50. The number of hydrogen-bond acceptors (Lipinski definition) is 5. The summed E-state index contributed by atoms with van der Waals surface area (Å²) in [6, 6.07) is 3.21. The Balaban J connectivity index is 2.54. The van der Waals surface area contributed by atoms with Crippen molar-refractivity contribution in [1.82, 2.24) is 0 Å². The summed E-state index contributed by atoms with van der Waals surface area (Å²) in [5.41, 5.74) is 0.256. The van der Waals surface area contributed by atoms with E-state index >= 15 is 0 Å². The van der Waals surface area contributed by atoms with Crippen LogP contribution >= 0.6 is 11.6 Å². The molecule has 8 heteroatoms. The molecule has 0 fully saturated rings. The molecular formula is C16H21ClN2O5. The Morgan fingerprint density at radius 1 is 1.38 bits per heavy atom. The van der Waals surface area contributed by atoms with Gasteiger partial charge in [-0.2, -0.15) is 0 Å². The lowest BCUT2D eigenvalue weighted by atomic mass is 10.1. The third-order valence-electron chi connectivity index (χ3n) is 3.28. The smallest absolute Gasteiger partial charge is 0.415 e. The van der Waals surface area contributed by atoms with Crippen molar-refractivity contribution in [2.45, 2.75) is 32.5 Å². The fourth-order valence-electron chi connectivity index (χ4n) is 2.28. The van der Waals surface area contributed by atoms with Crippen molar-refractivity contribution in [2.75, 3.05) is 30.4 Å². The molecule has 1 N–H and O–H groups in total. The van der Waals surface area contributed by atoms with Gasteiger partial charge in [0.2, 0.25) is 6.10 Å². The maximum atomic E-state index is 12.5. The van der Waals surface area contributed by atoms with Crippen molar-refractivity contribution in [1.29, 1.82) is 0 Å². The number of benzene rings is 1. The van der Waals surface area contributed by atoms with E-state index in [0.29, 0.717) is 16.4 Å². The van der Waals surface area contributed by atoms with Gasteiger partial charge in [0.15, 0.2) is 5.75 Å². The monoisotopic (exact) mass is 356 g/mol. The summed E-state index contributed by atoms with van der Waals surface area (Å²) in [6.07, 6.45) is -1.84. The summed E-state index contributed by atoms with van der Waals surface area (Å²) < 4.78 is 11.0. The number of carboxylic acids is 1. The fraction of sp³-hybridized carbons (Fsp3) is 0.500.